The summed E-state index contributed by atoms with van der Waals surface area (Å²) in [4.78, 5) is 71.1. The third kappa shape index (κ3) is 9.00. The summed E-state index contributed by atoms with van der Waals surface area (Å²) in [6.07, 6.45) is 11.4. The number of sulfone groups is 1. The predicted molar refractivity (Wildman–Crippen MR) is 206 cm³/mol. The van der Waals surface area contributed by atoms with Crippen LogP contribution < -0.4 is 21.3 Å². The number of hydrogen-bond donors (Lipinski definition) is 4. The maximum absolute atomic E-state index is 15.0. The van der Waals surface area contributed by atoms with Crippen LogP contribution >= 0.6 is 0 Å². The lowest BCUT2D eigenvalue weighted by Crippen LogP contribution is -2.65. The maximum Gasteiger partial charge on any atom is 0.315 e. The molecule has 0 aromatic carbocycles. The number of likely N-dealkylation sites (tertiary alicyclic amines) is 1. The molecule has 304 valence electrons. The molecule has 5 atom stereocenters. The van der Waals surface area contributed by atoms with Crippen LogP contribution in [-0.4, -0.2) is 104 Å². The van der Waals surface area contributed by atoms with Crippen LogP contribution in [0.15, 0.2) is 12.7 Å². The molecule has 0 aromatic heterocycles. The molecule has 1 aliphatic heterocycles. The molecule has 1 heterocycles. The standard InChI is InChI=1S/C40H65N5O8S/c1-8-21-41-34(48)31(46)28(22-26-15-16-26)42-33(47)30-29-27(38(29,4)5)23-45(30)35(49)32(39(6)17-11-9-12-18-39)43-36(50)44-40(19-13-10-14-20-40)25-54(51,52)37(2,3)24-53-7/h8,26-30,32H,1,9-25H2,2-7H3,(H,41,48)(H,42,47)(H2,43,44,50)/t27-,28-,29-,30-,32+/m0/s1. The summed E-state index contributed by atoms with van der Waals surface area (Å²) in [6.45, 7) is 13.5. The summed E-state index contributed by atoms with van der Waals surface area (Å²) in [7, 11) is -2.25. The van der Waals surface area contributed by atoms with Gasteiger partial charge in [-0.1, -0.05) is 78.2 Å². The van der Waals surface area contributed by atoms with Crippen LogP contribution in [0.2, 0.25) is 0 Å². The Hall–Kier alpha value is -3.00. The second kappa shape index (κ2) is 16.2. The molecule has 0 radical (unpaired) electrons. The van der Waals surface area contributed by atoms with Gasteiger partial charge in [-0.3, -0.25) is 19.2 Å². The predicted octanol–water partition coefficient (Wildman–Crippen LogP) is 3.81. The van der Waals surface area contributed by atoms with Crippen LogP contribution in [0.4, 0.5) is 4.79 Å². The first kappa shape index (κ1) is 42.1. The van der Waals surface area contributed by atoms with Gasteiger partial charge in [0, 0.05) is 20.2 Å². The summed E-state index contributed by atoms with van der Waals surface area (Å²) >= 11 is 0. The molecule has 0 aromatic rings. The van der Waals surface area contributed by atoms with Crippen molar-refractivity contribution in [2.24, 2.45) is 28.6 Å². The van der Waals surface area contributed by atoms with Gasteiger partial charge < -0.3 is 30.9 Å². The van der Waals surface area contributed by atoms with Crippen LogP contribution in [-0.2, 0) is 33.8 Å². The number of amides is 5. The first-order valence-electron chi connectivity index (χ1n) is 20.2. The van der Waals surface area contributed by atoms with Crippen molar-refractivity contribution in [3.05, 3.63) is 12.7 Å². The van der Waals surface area contributed by atoms with E-state index in [4.69, 9.17) is 4.74 Å². The van der Waals surface area contributed by atoms with Crippen LogP contribution in [0.25, 0.3) is 0 Å². The van der Waals surface area contributed by atoms with Gasteiger partial charge in [-0.25, -0.2) is 13.2 Å². The van der Waals surface area contributed by atoms with Crippen molar-refractivity contribution in [3.63, 3.8) is 0 Å². The number of piperidine rings is 1. The largest absolute Gasteiger partial charge is 0.383 e. The van der Waals surface area contributed by atoms with E-state index in [0.717, 1.165) is 51.4 Å². The molecule has 4 aliphatic carbocycles. The van der Waals surface area contributed by atoms with Gasteiger partial charge >= 0.3 is 6.03 Å². The van der Waals surface area contributed by atoms with Gasteiger partial charge in [0.1, 0.15) is 12.1 Å². The SMILES string of the molecule is C=CCNC(=O)C(=O)[C@H](CC1CC1)NC(=O)[C@@H]1[C@@H]2[C@H](CN1C(=O)[C@@H](NC(=O)NC1(CS(=O)(=O)C(C)(C)COC)CCCCC1)C1(C)CCCCC1)C2(C)C. The zero-order valence-corrected chi connectivity index (χ0v) is 34.2. The van der Waals surface area contributed by atoms with E-state index in [0.29, 0.717) is 38.6 Å². The minimum Gasteiger partial charge on any atom is -0.383 e. The number of carbonyl (C=O) groups excluding carboxylic acids is 5. The molecular weight excluding hydrogens is 711 g/mol. The number of urea groups is 1. The van der Waals surface area contributed by atoms with Crippen LogP contribution in [0.1, 0.15) is 118 Å². The Balaban J connectivity index is 1.40. The minimum absolute atomic E-state index is 0.0217. The fourth-order valence-corrected chi connectivity index (χ4v) is 11.5. The molecular formula is C40H65N5O8S. The van der Waals surface area contributed by atoms with E-state index in [1.807, 2.05) is 6.92 Å². The first-order chi connectivity index (χ1) is 25.3. The van der Waals surface area contributed by atoms with E-state index < -0.39 is 67.3 Å². The van der Waals surface area contributed by atoms with Gasteiger partial charge in [0.05, 0.1) is 28.7 Å². The number of Topliss-reactive ketones (excluding diaryl/α,β-unsaturated/α-hetero) is 1. The lowest BCUT2D eigenvalue weighted by atomic mass is 9.70. The van der Waals surface area contributed by atoms with E-state index in [2.05, 4.69) is 41.7 Å². The number of ether oxygens (including phenoxy) is 1. The topological polar surface area (TPSA) is 180 Å². The lowest BCUT2D eigenvalue weighted by molar-refractivity contribution is -0.146. The fraction of sp³-hybridized carbons (Fsp3) is 0.825. The normalized spacial score (nSPS) is 26.7. The van der Waals surface area contributed by atoms with Crippen LogP contribution in [0, 0.1) is 28.6 Å². The number of nitrogens with one attached hydrogen (secondary N) is 4. The van der Waals surface area contributed by atoms with E-state index >= 15 is 0 Å². The molecule has 5 rings (SSSR count). The maximum atomic E-state index is 15.0. The Morgan fingerprint density at radius 2 is 1.56 bits per heavy atom. The molecule has 5 fully saturated rings. The number of methoxy groups -OCH3 is 1. The summed E-state index contributed by atoms with van der Waals surface area (Å²) in [5.41, 5.74) is -1.81. The second-order valence-electron chi connectivity index (χ2n) is 18.5. The Morgan fingerprint density at radius 1 is 0.944 bits per heavy atom. The molecule has 1 saturated heterocycles. The number of nitrogens with zero attached hydrogens (tertiary/aromatic N) is 1. The minimum atomic E-state index is -3.72. The van der Waals surface area contributed by atoms with E-state index in [9.17, 15) is 32.4 Å². The van der Waals surface area contributed by atoms with Gasteiger partial charge in [0.25, 0.3) is 5.91 Å². The van der Waals surface area contributed by atoms with Gasteiger partial charge in [-0.2, -0.15) is 0 Å². The summed E-state index contributed by atoms with van der Waals surface area (Å²) in [5.74, 6) is -2.38. The van der Waals surface area contributed by atoms with Crippen LogP contribution in [0.5, 0.6) is 0 Å². The van der Waals surface area contributed by atoms with Crippen molar-refractivity contribution in [1.29, 1.82) is 0 Å². The van der Waals surface area contributed by atoms with Crippen molar-refractivity contribution in [2.45, 2.75) is 147 Å². The molecule has 13 nitrogen and oxygen atoms in total. The van der Waals surface area contributed by atoms with Gasteiger partial charge in [-0.05, 0) is 74.5 Å². The highest BCUT2D eigenvalue weighted by Crippen LogP contribution is 2.65. The number of ketones is 1. The average molecular weight is 776 g/mol. The molecule has 0 spiro atoms. The average Bonchev–Trinajstić information content (AvgIpc) is 3.96. The van der Waals surface area contributed by atoms with E-state index in [-0.39, 0.29) is 48.0 Å². The third-order valence-corrected chi connectivity index (χ3v) is 16.2. The molecule has 54 heavy (non-hydrogen) atoms. The zero-order valence-electron chi connectivity index (χ0n) is 33.4. The Kier molecular flexibility index (Phi) is 12.7. The van der Waals surface area contributed by atoms with Gasteiger partial charge in [0.2, 0.25) is 17.6 Å². The molecule has 5 aliphatic rings. The summed E-state index contributed by atoms with van der Waals surface area (Å²) in [5, 5.41) is 11.6. The quantitative estimate of drug-likeness (QED) is 0.127. The van der Waals surface area contributed by atoms with Crippen molar-refractivity contribution in [3.8, 4) is 0 Å². The summed E-state index contributed by atoms with van der Waals surface area (Å²) < 4.78 is 31.6. The Labute approximate surface area is 322 Å². The van der Waals surface area contributed by atoms with E-state index in [1.54, 1.807) is 18.7 Å². The number of rotatable bonds is 17. The number of fused-ring (bicyclic) bond motifs is 1. The van der Waals surface area contributed by atoms with Gasteiger partial charge in [-0.15, -0.1) is 6.58 Å². The summed E-state index contributed by atoms with van der Waals surface area (Å²) in [6, 6.07) is -3.45. The highest BCUT2D eigenvalue weighted by molar-refractivity contribution is 7.92. The van der Waals surface area contributed by atoms with Crippen molar-refractivity contribution < 1.29 is 37.1 Å². The molecule has 5 amide bonds. The molecule has 0 bridgehead atoms. The van der Waals surface area contributed by atoms with E-state index in [1.165, 1.54) is 13.2 Å². The third-order valence-electron chi connectivity index (χ3n) is 13.5. The van der Waals surface area contributed by atoms with Crippen LogP contribution in [0.3, 0.4) is 0 Å². The smallest absolute Gasteiger partial charge is 0.315 e. The first-order valence-corrected chi connectivity index (χ1v) is 21.8. The zero-order chi connectivity index (χ0) is 39.7. The van der Waals surface area contributed by atoms with Gasteiger partial charge in [0.15, 0.2) is 9.84 Å². The molecule has 14 heteroatoms. The van der Waals surface area contributed by atoms with Crippen molar-refractivity contribution in [1.82, 2.24) is 26.2 Å². The highest BCUT2D eigenvalue weighted by Gasteiger charge is 2.70. The monoisotopic (exact) mass is 775 g/mol. The highest BCUT2D eigenvalue weighted by atomic mass is 32.2. The molecule has 4 N–H and O–H groups in total. The molecule has 0 unspecified atom stereocenters. The van der Waals surface area contributed by atoms with Crippen molar-refractivity contribution >= 4 is 39.4 Å². The second-order valence-corrected chi connectivity index (χ2v) is 21.2. The Morgan fingerprint density at radius 3 is 2.13 bits per heavy atom. The fourth-order valence-electron chi connectivity index (χ4n) is 9.69. The molecule has 4 saturated carbocycles. The Bertz CT molecular complexity index is 1560. The number of carbonyl (C=O) groups is 5. The lowest BCUT2D eigenvalue weighted by Gasteiger charge is -2.44. The van der Waals surface area contributed by atoms with Crippen molar-refractivity contribution in [2.75, 3.05) is 32.6 Å². The number of hydrogen-bond acceptors (Lipinski definition) is 8.